The van der Waals surface area contributed by atoms with E-state index >= 15 is 0 Å². The van der Waals surface area contributed by atoms with E-state index in [1.807, 2.05) is 48.5 Å². The molecule has 0 unspecified atom stereocenters. The summed E-state index contributed by atoms with van der Waals surface area (Å²) in [5.41, 5.74) is 3.38. The molecule has 1 N–H and O–H groups in total. The lowest BCUT2D eigenvalue weighted by Gasteiger charge is -2.19. The Balaban J connectivity index is 1.70. The smallest absolute Gasteiger partial charge is 0.220 e. The Bertz CT molecular complexity index is 1190. The predicted molar refractivity (Wildman–Crippen MR) is 130 cm³/mol. The van der Waals surface area contributed by atoms with Crippen LogP contribution in [0.2, 0.25) is 0 Å². The van der Waals surface area contributed by atoms with E-state index in [1.165, 1.54) is 5.39 Å². The first-order valence-corrected chi connectivity index (χ1v) is 11.1. The summed E-state index contributed by atoms with van der Waals surface area (Å²) in [4.78, 5) is 12.9. The Morgan fingerprint density at radius 3 is 2.44 bits per heavy atom. The number of ether oxygens (including phenoxy) is 1. The van der Waals surface area contributed by atoms with Gasteiger partial charge in [-0.3, -0.25) is 4.79 Å². The van der Waals surface area contributed by atoms with Crippen LogP contribution in [-0.2, 0) is 11.8 Å². The number of aromatic nitrogens is 1. The van der Waals surface area contributed by atoms with Crippen LogP contribution in [0.15, 0.2) is 85.1 Å². The molecule has 0 fully saturated rings. The fourth-order valence-corrected chi connectivity index (χ4v) is 4.05. The zero-order chi connectivity index (χ0) is 22.5. The van der Waals surface area contributed by atoms with E-state index in [-0.39, 0.29) is 11.8 Å². The molecule has 4 rings (SSSR count). The van der Waals surface area contributed by atoms with Gasteiger partial charge in [0.05, 0.1) is 0 Å². The second kappa shape index (κ2) is 9.73. The lowest BCUT2D eigenvalue weighted by molar-refractivity contribution is -0.121. The number of hydrogen-bond donors (Lipinski definition) is 1. The maximum absolute atomic E-state index is 12.9. The van der Waals surface area contributed by atoms with Crippen molar-refractivity contribution in [1.82, 2.24) is 9.88 Å². The van der Waals surface area contributed by atoms with Crippen molar-refractivity contribution in [3.8, 4) is 11.5 Å². The third kappa shape index (κ3) is 5.02. The van der Waals surface area contributed by atoms with Crippen molar-refractivity contribution in [3.05, 3.63) is 96.2 Å². The van der Waals surface area contributed by atoms with Crippen LogP contribution in [0.25, 0.3) is 10.9 Å². The molecule has 4 heteroatoms. The Hall–Kier alpha value is -3.53. The molecule has 4 aromatic rings. The molecular formula is C28H30N2O2. The standard InChI is InChI=1S/C28H30N2O2/c1-20(2)18-29-28(31)17-25(26-19-30(3)27-15-8-7-14-24(26)27)21-10-9-13-23(16-21)32-22-11-5-4-6-12-22/h4-16,19-20,25H,17-18H2,1-3H3,(H,29,31)/t25-/m0/s1. The molecule has 1 heterocycles. The topological polar surface area (TPSA) is 43.3 Å². The van der Waals surface area contributed by atoms with Crippen LogP contribution in [0.5, 0.6) is 11.5 Å². The molecule has 0 aliphatic heterocycles. The van der Waals surface area contributed by atoms with E-state index < -0.39 is 0 Å². The van der Waals surface area contributed by atoms with Crippen LogP contribution < -0.4 is 10.1 Å². The van der Waals surface area contributed by atoms with Gasteiger partial charge < -0.3 is 14.6 Å². The molecule has 1 aromatic heterocycles. The number of benzene rings is 3. The molecule has 3 aromatic carbocycles. The summed E-state index contributed by atoms with van der Waals surface area (Å²) >= 11 is 0. The zero-order valence-corrected chi connectivity index (χ0v) is 18.9. The Labute approximate surface area is 189 Å². The summed E-state index contributed by atoms with van der Waals surface area (Å²) < 4.78 is 8.21. The van der Waals surface area contributed by atoms with Gasteiger partial charge >= 0.3 is 0 Å². The molecular weight excluding hydrogens is 396 g/mol. The number of carbonyl (C=O) groups excluding carboxylic acids is 1. The van der Waals surface area contributed by atoms with Gasteiger partial charge in [-0.1, -0.05) is 62.4 Å². The third-order valence-electron chi connectivity index (χ3n) is 5.64. The fourth-order valence-electron chi connectivity index (χ4n) is 4.05. The highest BCUT2D eigenvalue weighted by Crippen LogP contribution is 2.36. The van der Waals surface area contributed by atoms with Gasteiger partial charge in [-0.05, 0) is 47.4 Å². The van der Waals surface area contributed by atoms with Gasteiger partial charge in [0.15, 0.2) is 0 Å². The summed E-state index contributed by atoms with van der Waals surface area (Å²) in [6, 6.07) is 26.2. The van der Waals surface area contributed by atoms with E-state index in [1.54, 1.807) is 0 Å². The van der Waals surface area contributed by atoms with Crippen molar-refractivity contribution in [2.24, 2.45) is 13.0 Å². The monoisotopic (exact) mass is 426 g/mol. The lowest BCUT2D eigenvalue weighted by atomic mass is 9.88. The summed E-state index contributed by atoms with van der Waals surface area (Å²) in [7, 11) is 2.05. The average Bonchev–Trinajstić information content (AvgIpc) is 3.13. The molecule has 1 amide bonds. The van der Waals surface area contributed by atoms with E-state index in [9.17, 15) is 4.79 Å². The molecule has 0 saturated heterocycles. The summed E-state index contributed by atoms with van der Waals surface area (Å²) in [6.07, 6.45) is 2.53. The fraction of sp³-hybridized carbons (Fsp3) is 0.250. The van der Waals surface area contributed by atoms with Crippen molar-refractivity contribution >= 4 is 16.8 Å². The largest absolute Gasteiger partial charge is 0.457 e. The molecule has 1 atom stereocenters. The normalized spacial score (nSPS) is 12.1. The van der Waals surface area contributed by atoms with Gasteiger partial charge in [0.1, 0.15) is 11.5 Å². The van der Waals surface area contributed by atoms with E-state index in [4.69, 9.17) is 4.74 Å². The number of nitrogens with zero attached hydrogens (tertiary/aromatic N) is 1. The number of nitrogens with one attached hydrogen (secondary N) is 1. The number of aryl methyl sites for hydroxylation is 1. The molecule has 32 heavy (non-hydrogen) atoms. The van der Waals surface area contributed by atoms with Crippen LogP contribution >= 0.6 is 0 Å². The van der Waals surface area contributed by atoms with E-state index in [0.29, 0.717) is 18.9 Å². The minimum absolute atomic E-state index is 0.0611. The highest BCUT2D eigenvalue weighted by atomic mass is 16.5. The molecule has 0 spiro atoms. The SMILES string of the molecule is CC(C)CNC(=O)C[C@@H](c1cccc(Oc2ccccc2)c1)c1cn(C)c2ccccc12. The van der Waals surface area contributed by atoms with Crippen LogP contribution in [0.3, 0.4) is 0 Å². The molecule has 0 aliphatic rings. The minimum atomic E-state index is -0.0763. The first-order chi connectivity index (χ1) is 15.5. The number of amides is 1. The molecule has 4 nitrogen and oxygen atoms in total. The second-order valence-corrected chi connectivity index (χ2v) is 8.65. The maximum atomic E-state index is 12.9. The van der Waals surface area contributed by atoms with E-state index in [2.05, 4.69) is 67.3 Å². The Kier molecular flexibility index (Phi) is 6.60. The van der Waals surface area contributed by atoms with Crippen LogP contribution in [-0.4, -0.2) is 17.0 Å². The number of para-hydroxylation sites is 2. The number of fused-ring (bicyclic) bond motifs is 1. The highest BCUT2D eigenvalue weighted by Gasteiger charge is 2.23. The third-order valence-corrected chi connectivity index (χ3v) is 5.64. The quantitative estimate of drug-likeness (QED) is 0.361. The number of hydrogen-bond acceptors (Lipinski definition) is 2. The average molecular weight is 427 g/mol. The van der Waals surface area contributed by atoms with Crippen LogP contribution in [0.1, 0.15) is 37.3 Å². The molecule has 0 aliphatic carbocycles. The summed E-state index contributed by atoms with van der Waals surface area (Å²) in [6.45, 7) is 4.89. The summed E-state index contributed by atoms with van der Waals surface area (Å²) in [5, 5.41) is 4.26. The van der Waals surface area contributed by atoms with Gasteiger partial charge in [-0.25, -0.2) is 0 Å². The van der Waals surface area contributed by atoms with Gasteiger partial charge in [0.2, 0.25) is 5.91 Å². The second-order valence-electron chi connectivity index (χ2n) is 8.65. The van der Waals surface area contributed by atoms with Gasteiger partial charge in [0, 0.05) is 43.0 Å². The van der Waals surface area contributed by atoms with Crippen molar-refractivity contribution < 1.29 is 9.53 Å². The van der Waals surface area contributed by atoms with Crippen molar-refractivity contribution in [1.29, 1.82) is 0 Å². The zero-order valence-electron chi connectivity index (χ0n) is 18.9. The van der Waals surface area contributed by atoms with E-state index in [0.717, 1.165) is 28.1 Å². The lowest BCUT2D eigenvalue weighted by Crippen LogP contribution is -2.28. The number of carbonyl (C=O) groups is 1. The molecule has 164 valence electrons. The molecule has 0 bridgehead atoms. The summed E-state index contributed by atoms with van der Waals surface area (Å²) in [5.74, 6) is 1.96. The predicted octanol–water partition coefficient (Wildman–Crippen LogP) is 6.26. The molecule has 0 radical (unpaired) electrons. The first kappa shape index (κ1) is 21.7. The van der Waals surface area contributed by atoms with Crippen molar-refractivity contribution in [3.63, 3.8) is 0 Å². The minimum Gasteiger partial charge on any atom is -0.457 e. The highest BCUT2D eigenvalue weighted by molar-refractivity contribution is 5.86. The van der Waals surface area contributed by atoms with Gasteiger partial charge in [-0.2, -0.15) is 0 Å². The number of rotatable bonds is 8. The van der Waals surface area contributed by atoms with Gasteiger partial charge in [-0.15, -0.1) is 0 Å². The van der Waals surface area contributed by atoms with Gasteiger partial charge in [0.25, 0.3) is 0 Å². The van der Waals surface area contributed by atoms with Crippen LogP contribution in [0.4, 0.5) is 0 Å². The Morgan fingerprint density at radius 2 is 1.66 bits per heavy atom. The van der Waals surface area contributed by atoms with Crippen molar-refractivity contribution in [2.45, 2.75) is 26.2 Å². The molecule has 0 saturated carbocycles. The van der Waals surface area contributed by atoms with Crippen molar-refractivity contribution in [2.75, 3.05) is 6.54 Å². The Morgan fingerprint density at radius 1 is 0.938 bits per heavy atom. The first-order valence-electron chi connectivity index (χ1n) is 11.1. The maximum Gasteiger partial charge on any atom is 0.220 e. The van der Waals surface area contributed by atoms with Crippen LogP contribution in [0, 0.1) is 5.92 Å².